The molecule has 0 aliphatic heterocycles. The topological polar surface area (TPSA) is 51.8 Å². The second-order valence-electron chi connectivity index (χ2n) is 7.34. The summed E-state index contributed by atoms with van der Waals surface area (Å²) in [5, 5.41) is 1.02. The Morgan fingerprint density at radius 3 is 1.97 bits per heavy atom. The van der Waals surface area contributed by atoms with Gasteiger partial charge in [0.05, 0.1) is 11.2 Å². The summed E-state index contributed by atoms with van der Waals surface area (Å²) in [7, 11) is 0. The van der Waals surface area contributed by atoms with Crippen LogP contribution < -0.4 is 0 Å². The summed E-state index contributed by atoms with van der Waals surface area (Å²) < 4.78 is 5.91. The molecule has 6 aromatic rings. The van der Waals surface area contributed by atoms with Crippen molar-refractivity contribution in [2.45, 2.75) is 0 Å². The fraction of sp³-hybridized carbons (Fsp3) is 0. The normalized spacial score (nSPS) is 11.2. The van der Waals surface area contributed by atoms with Crippen LogP contribution in [0.25, 0.3) is 56.1 Å². The van der Waals surface area contributed by atoms with Gasteiger partial charge in [-0.25, -0.2) is 15.0 Å². The molecule has 2 heterocycles. The van der Waals surface area contributed by atoms with Crippen molar-refractivity contribution < 1.29 is 4.42 Å². The molecule has 4 heteroatoms. The standard InChI is InChI=1S/C27H17N3O/c1-2-8-19(9-3-1)26-28-22-11-5-4-10-21(22)25(30-26)18-14-16-20(17-15-18)27-29-23-12-6-7-13-24(23)31-27/h1-17H. The Morgan fingerprint density at radius 1 is 0.484 bits per heavy atom. The van der Waals surface area contributed by atoms with Crippen LogP contribution in [0.5, 0.6) is 0 Å². The second-order valence-corrected chi connectivity index (χ2v) is 7.34. The van der Waals surface area contributed by atoms with E-state index >= 15 is 0 Å². The van der Waals surface area contributed by atoms with Crippen molar-refractivity contribution in [2.24, 2.45) is 0 Å². The maximum absolute atomic E-state index is 5.91. The fourth-order valence-corrected chi connectivity index (χ4v) is 3.78. The van der Waals surface area contributed by atoms with Crippen LogP contribution in [0, 0.1) is 0 Å². The fourth-order valence-electron chi connectivity index (χ4n) is 3.78. The molecule has 0 spiro atoms. The zero-order valence-electron chi connectivity index (χ0n) is 16.6. The van der Waals surface area contributed by atoms with Crippen LogP contribution in [0.1, 0.15) is 0 Å². The highest BCUT2D eigenvalue weighted by molar-refractivity contribution is 5.93. The predicted molar refractivity (Wildman–Crippen MR) is 123 cm³/mol. The molecule has 31 heavy (non-hydrogen) atoms. The second kappa shape index (κ2) is 7.18. The molecule has 4 aromatic carbocycles. The molecule has 0 fully saturated rings. The quantitative estimate of drug-likeness (QED) is 0.329. The largest absolute Gasteiger partial charge is 0.436 e. The van der Waals surface area contributed by atoms with Crippen molar-refractivity contribution in [3.63, 3.8) is 0 Å². The molecule has 0 radical (unpaired) electrons. The molecular weight excluding hydrogens is 382 g/mol. The van der Waals surface area contributed by atoms with E-state index in [-0.39, 0.29) is 0 Å². The van der Waals surface area contributed by atoms with E-state index in [0.29, 0.717) is 5.89 Å². The number of nitrogens with zero attached hydrogens (tertiary/aromatic N) is 3. The van der Waals surface area contributed by atoms with Crippen LogP contribution in [-0.2, 0) is 0 Å². The maximum atomic E-state index is 5.91. The van der Waals surface area contributed by atoms with E-state index in [4.69, 9.17) is 14.4 Å². The molecule has 0 saturated carbocycles. The van der Waals surface area contributed by atoms with Crippen molar-refractivity contribution in [2.75, 3.05) is 0 Å². The molecule has 4 nitrogen and oxygen atoms in total. The molecule has 0 amide bonds. The molecule has 0 N–H and O–H groups in total. The number of para-hydroxylation sites is 3. The number of hydrogen-bond acceptors (Lipinski definition) is 4. The Kier molecular flexibility index (Phi) is 4.06. The molecule has 6 rings (SSSR count). The van der Waals surface area contributed by atoms with Gasteiger partial charge in [0.2, 0.25) is 5.89 Å². The summed E-state index contributed by atoms with van der Waals surface area (Å²) in [4.78, 5) is 14.3. The average molecular weight is 399 g/mol. The van der Waals surface area contributed by atoms with E-state index in [2.05, 4.69) is 23.2 Å². The van der Waals surface area contributed by atoms with E-state index in [1.54, 1.807) is 0 Å². The van der Waals surface area contributed by atoms with Gasteiger partial charge < -0.3 is 4.42 Å². The lowest BCUT2D eigenvalue weighted by Crippen LogP contribution is -1.95. The summed E-state index contributed by atoms with van der Waals surface area (Å²) >= 11 is 0. The molecule has 0 aliphatic rings. The summed E-state index contributed by atoms with van der Waals surface area (Å²) in [6, 6.07) is 34.2. The minimum Gasteiger partial charge on any atom is -0.436 e. The third kappa shape index (κ3) is 3.15. The van der Waals surface area contributed by atoms with Crippen molar-refractivity contribution >= 4 is 22.0 Å². The summed E-state index contributed by atoms with van der Waals surface area (Å²) in [6.07, 6.45) is 0. The van der Waals surface area contributed by atoms with Crippen LogP contribution in [-0.4, -0.2) is 15.0 Å². The third-order valence-corrected chi connectivity index (χ3v) is 5.33. The number of fused-ring (bicyclic) bond motifs is 2. The number of aromatic nitrogens is 3. The molecule has 2 aromatic heterocycles. The number of benzene rings is 4. The molecule has 0 atom stereocenters. The number of oxazole rings is 1. The maximum Gasteiger partial charge on any atom is 0.227 e. The summed E-state index contributed by atoms with van der Waals surface area (Å²) in [5.41, 5.74) is 6.43. The Balaban J connectivity index is 1.47. The van der Waals surface area contributed by atoms with Crippen molar-refractivity contribution in [1.82, 2.24) is 15.0 Å². The third-order valence-electron chi connectivity index (χ3n) is 5.33. The van der Waals surface area contributed by atoms with Gasteiger partial charge in [-0.1, -0.05) is 72.8 Å². The monoisotopic (exact) mass is 399 g/mol. The Morgan fingerprint density at radius 2 is 1.16 bits per heavy atom. The smallest absolute Gasteiger partial charge is 0.227 e. The molecule has 0 unspecified atom stereocenters. The lowest BCUT2D eigenvalue weighted by atomic mass is 10.0. The highest BCUT2D eigenvalue weighted by atomic mass is 16.3. The van der Waals surface area contributed by atoms with Crippen molar-refractivity contribution in [3.05, 3.63) is 103 Å². The molecular formula is C27H17N3O. The Hall–Kier alpha value is -4.31. The van der Waals surface area contributed by atoms with Gasteiger partial charge in [-0.3, -0.25) is 0 Å². The van der Waals surface area contributed by atoms with Gasteiger partial charge in [-0.15, -0.1) is 0 Å². The van der Waals surface area contributed by atoms with E-state index in [1.165, 1.54) is 0 Å². The molecule has 0 aliphatic carbocycles. The van der Waals surface area contributed by atoms with E-state index < -0.39 is 0 Å². The van der Waals surface area contributed by atoms with E-state index in [1.807, 2.05) is 84.9 Å². The Labute approximate surface area is 178 Å². The van der Waals surface area contributed by atoms with E-state index in [0.717, 1.165) is 50.2 Å². The van der Waals surface area contributed by atoms with Crippen LogP contribution >= 0.6 is 0 Å². The first-order valence-corrected chi connectivity index (χ1v) is 10.1. The lowest BCUT2D eigenvalue weighted by molar-refractivity contribution is 0.620. The van der Waals surface area contributed by atoms with Gasteiger partial charge >= 0.3 is 0 Å². The van der Waals surface area contributed by atoms with Crippen LogP contribution in [0.4, 0.5) is 0 Å². The first-order valence-electron chi connectivity index (χ1n) is 10.1. The highest BCUT2D eigenvalue weighted by Gasteiger charge is 2.13. The summed E-state index contributed by atoms with van der Waals surface area (Å²) in [5.74, 6) is 1.34. The van der Waals surface area contributed by atoms with Crippen LogP contribution in [0.3, 0.4) is 0 Å². The van der Waals surface area contributed by atoms with Crippen molar-refractivity contribution in [3.8, 4) is 34.1 Å². The first kappa shape index (κ1) is 17.5. The Bertz CT molecular complexity index is 1490. The average Bonchev–Trinajstić information content (AvgIpc) is 3.28. The SMILES string of the molecule is c1ccc(-c2nc(-c3ccc(-c4nc5ccccc5o4)cc3)c3ccccc3n2)cc1. The minimum atomic E-state index is 0.616. The lowest BCUT2D eigenvalue weighted by Gasteiger charge is -2.09. The van der Waals surface area contributed by atoms with Crippen LogP contribution in [0.15, 0.2) is 108 Å². The van der Waals surface area contributed by atoms with Gasteiger partial charge in [0.15, 0.2) is 11.4 Å². The first-order chi connectivity index (χ1) is 15.3. The zero-order valence-corrected chi connectivity index (χ0v) is 16.6. The van der Waals surface area contributed by atoms with Gasteiger partial charge in [0.25, 0.3) is 0 Å². The van der Waals surface area contributed by atoms with Crippen LogP contribution in [0.2, 0.25) is 0 Å². The molecule has 0 saturated heterocycles. The van der Waals surface area contributed by atoms with Gasteiger partial charge in [-0.2, -0.15) is 0 Å². The molecule has 146 valence electrons. The zero-order chi connectivity index (χ0) is 20.6. The van der Waals surface area contributed by atoms with Crippen molar-refractivity contribution in [1.29, 1.82) is 0 Å². The van der Waals surface area contributed by atoms with Gasteiger partial charge in [0.1, 0.15) is 5.52 Å². The van der Waals surface area contributed by atoms with E-state index in [9.17, 15) is 0 Å². The summed E-state index contributed by atoms with van der Waals surface area (Å²) in [6.45, 7) is 0. The number of hydrogen-bond donors (Lipinski definition) is 0. The highest BCUT2D eigenvalue weighted by Crippen LogP contribution is 2.31. The number of rotatable bonds is 3. The predicted octanol–water partition coefficient (Wildman–Crippen LogP) is 6.77. The van der Waals surface area contributed by atoms with Gasteiger partial charge in [0, 0.05) is 22.1 Å². The minimum absolute atomic E-state index is 0.616. The van der Waals surface area contributed by atoms with Gasteiger partial charge in [-0.05, 0) is 30.3 Å². The molecule has 0 bridgehead atoms.